The van der Waals surface area contributed by atoms with E-state index in [9.17, 15) is 19.2 Å². The summed E-state index contributed by atoms with van der Waals surface area (Å²) in [6.45, 7) is 3.70. The smallest absolute Gasteiger partial charge is 0.315 e. The summed E-state index contributed by atoms with van der Waals surface area (Å²) >= 11 is 1.90. The minimum atomic E-state index is -0.864. The molecule has 0 bridgehead atoms. The molecule has 2 aliphatic heterocycles. The monoisotopic (exact) mass is 559 g/mol. The summed E-state index contributed by atoms with van der Waals surface area (Å²) in [5.74, 6) is 0.282. The molecule has 12 heteroatoms. The molecule has 2 aliphatic rings. The van der Waals surface area contributed by atoms with Crippen LogP contribution in [0.25, 0.3) is 0 Å². The second kappa shape index (κ2) is 20.1. The Labute approximate surface area is 229 Å². The minimum Gasteiger partial charge on any atom is -0.481 e. The lowest BCUT2D eigenvalue weighted by Crippen LogP contribution is -2.36. The Morgan fingerprint density at radius 1 is 0.816 bits per heavy atom. The molecule has 11 nitrogen and oxygen atoms in total. The van der Waals surface area contributed by atoms with Gasteiger partial charge < -0.3 is 35.3 Å². The highest BCUT2D eigenvalue weighted by atomic mass is 32.2. The molecule has 0 unspecified atom stereocenters. The van der Waals surface area contributed by atoms with Crippen LogP contribution in [0.1, 0.15) is 70.6 Å². The predicted octanol–water partition coefficient (Wildman–Crippen LogP) is 2.26. The molecule has 0 aliphatic carbocycles. The number of thioether (sulfide) groups is 1. The summed E-state index contributed by atoms with van der Waals surface area (Å²) in [5.41, 5.74) is 0. The molecule has 2 fully saturated rings. The molecule has 0 aromatic carbocycles. The number of hydrogen-bond donors (Lipinski definition) is 4. The van der Waals surface area contributed by atoms with Crippen molar-refractivity contribution in [2.45, 2.75) is 88.0 Å². The summed E-state index contributed by atoms with van der Waals surface area (Å²) in [7, 11) is 0. The molecule has 0 saturated carbocycles. The maximum absolute atomic E-state index is 12.0. The van der Waals surface area contributed by atoms with Gasteiger partial charge >= 0.3 is 12.0 Å². The largest absolute Gasteiger partial charge is 0.481 e. The standard InChI is InChI=1S/C26H45N3O8S/c30-20(8-5-11-24(32)33)7-3-4-13-35-15-17-37-18-16-36-14-6-12-27-23(31)10-2-1-9-22-25-21(19-38-22)28-26(34)29-25/h21-22,25H,1-19H2,(H,27,31)(H,32,33)(H2,28,29,34)/t21-,22-,25-/m1/s1. The molecule has 38 heavy (non-hydrogen) atoms. The number of ketones is 1. The molecule has 0 radical (unpaired) electrons. The molecule has 218 valence electrons. The third-order valence-electron chi connectivity index (χ3n) is 6.45. The fourth-order valence-electron chi connectivity index (χ4n) is 4.39. The van der Waals surface area contributed by atoms with Crippen molar-refractivity contribution in [2.24, 2.45) is 0 Å². The van der Waals surface area contributed by atoms with Gasteiger partial charge in [-0.3, -0.25) is 14.4 Å². The van der Waals surface area contributed by atoms with Crippen LogP contribution in [-0.2, 0) is 28.6 Å². The van der Waals surface area contributed by atoms with Crippen LogP contribution in [0, 0.1) is 0 Å². The summed E-state index contributed by atoms with van der Waals surface area (Å²) in [6, 6.07) is 0.417. The van der Waals surface area contributed by atoms with Crippen molar-refractivity contribution in [2.75, 3.05) is 51.9 Å². The Bertz CT molecular complexity index is 727. The van der Waals surface area contributed by atoms with E-state index < -0.39 is 5.97 Å². The Kier molecular flexibility index (Phi) is 17.1. The first-order valence-corrected chi connectivity index (χ1v) is 14.9. The van der Waals surface area contributed by atoms with Crippen LogP contribution in [0.3, 0.4) is 0 Å². The fraction of sp³-hybridized carbons (Fsp3) is 0.846. The van der Waals surface area contributed by atoms with Gasteiger partial charge in [0.05, 0.1) is 38.5 Å². The van der Waals surface area contributed by atoms with E-state index in [1.165, 1.54) is 0 Å². The quantitative estimate of drug-likeness (QED) is 0.103. The molecule has 3 atom stereocenters. The number of carboxylic acids is 1. The summed E-state index contributed by atoms with van der Waals surface area (Å²) < 4.78 is 16.5. The number of nitrogens with one attached hydrogen (secondary N) is 3. The van der Waals surface area contributed by atoms with Crippen molar-refractivity contribution < 1.29 is 38.5 Å². The van der Waals surface area contributed by atoms with Gasteiger partial charge in [-0.1, -0.05) is 6.42 Å². The Hall–Kier alpha value is -1.89. The first-order valence-electron chi connectivity index (χ1n) is 13.9. The van der Waals surface area contributed by atoms with E-state index >= 15 is 0 Å². The van der Waals surface area contributed by atoms with E-state index in [4.69, 9.17) is 19.3 Å². The van der Waals surface area contributed by atoms with Gasteiger partial charge in [-0.15, -0.1) is 0 Å². The van der Waals surface area contributed by atoms with E-state index in [0.717, 1.165) is 44.3 Å². The maximum Gasteiger partial charge on any atom is 0.315 e. The van der Waals surface area contributed by atoms with Crippen molar-refractivity contribution in [3.05, 3.63) is 0 Å². The lowest BCUT2D eigenvalue weighted by Gasteiger charge is -2.16. The highest BCUT2D eigenvalue weighted by Gasteiger charge is 2.42. The van der Waals surface area contributed by atoms with Crippen LogP contribution < -0.4 is 16.0 Å². The summed E-state index contributed by atoms with van der Waals surface area (Å²) in [6.07, 6.45) is 6.95. The van der Waals surface area contributed by atoms with E-state index in [0.29, 0.717) is 77.1 Å². The van der Waals surface area contributed by atoms with Crippen LogP contribution in [0.4, 0.5) is 4.79 Å². The Balaban J connectivity index is 1.25. The number of amides is 3. The van der Waals surface area contributed by atoms with Gasteiger partial charge in [0.1, 0.15) is 5.78 Å². The molecule has 2 saturated heterocycles. The third kappa shape index (κ3) is 14.9. The van der Waals surface area contributed by atoms with E-state index in [-0.39, 0.29) is 36.2 Å². The van der Waals surface area contributed by atoms with Gasteiger partial charge in [0, 0.05) is 56.4 Å². The molecule has 2 rings (SSSR count). The highest BCUT2D eigenvalue weighted by molar-refractivity contribution is 8.00. The number of Topliss-reactive ketones (excluding diaryl/α,β-unsaturated/α-hetero) is 1. The predicted molar refractivity (Wildman–Crippen MR) is 144 cm³/mol. The molecular weight excluding hydrogens is 514 g/mol. The zero-order valence-electron chi connectivity index (χ0n) is 22.4. The third-order valence-corrected chi connectivity index (χ3v) is 7.96. The van der Waals surface area contributed by atoms with Crippen LogP contribution in [-0.4, -0.2) is 98.1 Å². The van der Waals surface area contributed by atoms with Crippen molar-refractivity contribution in [3.8, 4) is 0 Å². The number of carbonyl (C=O) groups is 4. The second-order valence-electron chi connectivity index (χ2n) is 9.65. The van der Waals surface area contributed by atoms with Gasteiger partial charge in [0.15, 0.2) is 0 Å². The number of fused-ring (bicyclic) bond motifs is 1. The first kappa shape index (κ1) is 32.3. The van der Waals surface area contributed by atoms with Crippen LogP contribution in [0.15, 0.2) is 0 Å². The average Bonchev–Trinajstić information content (AvgIpc) is 3.43. The molecule has 4 N–H and O–H groups in total. The van der Waals surface area contributed by atoms with Gasteiger partial charge in [0.25, 0.3) is 0 Å². The first-order chi connectivity index (χ1) is 18.5. The van der Waals surface area contributed by atoms with Crippen molar-refractivity contribution in [1.82, 2.24) is 16.0 Å². The van der Waals surface area contributed by atoms with Gasteiger partial charge in [-0.2, -0.15) is 11.8 Å². The Morgan fingerprint density at radius 3 is 2.21 bits per heavy atom. The van der Waals surface area contributed by atoms with Crippen molar-refractivity contribution in [1.29, 1.82) is 0 Å². The van der Waals surface area contributed by atoms with Crippen molar-refractivity contribution >= 4 is 35.5 Å². The Morgan fingerprint density at radius 2 is 1.47 bits per heavy atom. The molecular formula is C26H45N3O8S. The number of rotatable bonds is 24. The summed E-state index contributed by atoms with van der Waals surface area (Å²) in [5, 5.41) is 17.9. The summed E-state index contributed by atoms with van der Waals surface area (Å²) in [4.78, 5) is 45.4. The van der Waals surface area contributed by atoms with Crippen LogP contribution >= 0.6 is 11.8 Å². The normalized spacial score (nSPS) is 20.1. The van der Waals surface area contributed by atoms with E-state index in [1.54, 1.807) is 0 Å². The van der Waals surface area contributed by atoms with Crippen molar-refractivity contribution in [3.63, 3.8) is 0 Å². The molecule has 3 amide bonds. The number of ether oxygens (including phenoxy) is 3. The topological polar surface area (TPSA) is 152 Å². The lowest BCUT2D eigenvalue weighted by molar-refractivity contribution is -0.137. The zero-order valence-corrected chi connectivity index (χ0v) is 23.2. The zero-order chi connectivity index (χ0) is 27.4. The second-order valence-corrected chi connectivity index (χ2v) is 10.9. The van der Waals surface area contributed by atoms with Crippen LogP contribution in [0.2, 0.25) is 0 Å². The van der Waals surface area contributed by atoms with E-state index in [2.05, 4.69) is 16.0 Å². The number of aliphatic carboxylic acids is 1. The molecule has 0 spiro atoms. The molecule has 2 heterocycles. The SMILES string of the molecule is O=C(O)CCCC(=O)CCCCOCCOCCOCCCNC(=O)CCCC[C@H]1SC[C@H]2NC(=O)N[C@H]21. The number of hydrogen-bond acceptors (Lipinski definition) is 8. The van der Waals surface area contributed by atoms with Gasteiger partial charge in [-0.25, -0.2) is 4.79 Å². The van der Waals surface area contributed by atoms with Gasteiger partial charge in [0.2, 0.25) is 5.91 Å². The minimum absolute atomic E-state index is 0.0445. The number of urea groups is 1. The molecule has 0 aromatic rings. The number of unbranched alkanes of at least 4 members (excludes halogenated alkanes) is 2. The number of carbonyl (C=O) groups excluding carboxylic acids is 3. The fourth-order valence-corrected chi connectivity index (χ4v) is 5.94. The highest BCUT2D eigenvalue weighted by Crippen LogP contribution is 2.33. The maximum atomic E-state index is 12.0. The van der Waals surface area contributed by atoms with E-state index in [1.807, 2.05) is 11.8 Å². The number of carboxylic acid groups (broad SMARTS) is 1. The molecule has 0 aromatic heterocycles. The lowest BCUT2D eigenvalue weighted by atomic mass is 10.0. The average molecular weight is 560 g/mol. The van der Waals surface area contributed by atoms with Gasteiger partial charge in [-0.05, 0) is 38.5 Å². The van der Waals surface area contributed by atoms with Crippen LogP contribution in [0.5, 0.6) is 0 Å².